The fourth-order valence-electron chi connectivity index (χ4n) is 3.13. The molecule has 0 fully saturated rings. The molecule has 4 heterocycles. The van der Waals surface area contributed by atoms with Crippen molar-refractivity contribution in [1.82, 2.24) is 44.5 Å². The van der Waals surface area contributed by atoms with E-state index in [0.717, 1.165) is 5.56 Å². The molecule has 0 radical (unpaired) electrons. The Kier molecular flexibility index (Phi) is 4.26. The Morgan fingerprint density at radius 2 is 1.77 bits per heavy atom. The van der Waals surface area contributed by atoms with E-state index in [9.17, 15) is 0 Å². The molecule has 0 unspecified atom stereocenters. The van der Waals surface area contributed by atoms with Crippen LogP contribution in [0.2, 0.25) is 0 Å². The van der Waals surface area contributed by atoms with Crippen molar-refractivity contribution in [2.45, 2.75) is 13.8 Å². The smallest absolute Gasteiger partial charge is 0.255 e. The van der Waals surface area contributed by atoms with Gasteiger partial charge in [0, 0.05) is 5.56 Å². The normalized spacial score (nSPS) is 11.4. The first kappa shape index (κ1) is 18.3. The Hall–Kier alpha value is -4.79. The van der Waals surface area contributed by atoms with Gasteiger partial charge in [-0.15, -0.1) is 10.2 Å². The lowest BCUT2D eigenvalue weighted by atomic mass is 10.2. The summed E-state index contributed by atoms with van der Waals surface area (Å²) in [7, 11) is 0. The van der Waals surface area contributed by atoms with Crippen LogP contribution in [0.5, 0.6) is 0 Å². The number of aromatic amines is 1. The molecule has 0 amide bonds. The molecule has 150 valence electrons. The number of fused-ring (bicyclic) bond motifs is 1. The lowest BCUT2D eigenvalue weighted by molar-refractivity contribution is 0.781. The minimum Gasteiger partial charge on any atom is -0.257 e. The molecular formula is C19H14N12. The first-order valence-electron chi connectivity index (χ1n) is 9.17. The second-order valence-corrected chi connectivity index (χ2v) is 6.53. The molecular weight excluding hydrogens is 396 g/mol. The maximum absolute atomic E-state index is 7.51. The van der Waals surface area contributed by atoms with Gasteiger partial charge in [-0.3, -0.25) is 5.10 Å². The zero-order chi connectivity index (χ0) is 21.4. The summed E-state index contributed by atoms with van der Waals surface area (Å²) >= 11 is 0. The highest BCUT2D eigenvalue weighted by Gasteiger charge is 2.20. The van der Waals surface area contributed by atoms with Gasteiger partial charge in [-0.2, -0.15) is 34.5 Å². The van der Waals surface area contributed by atoms with Gasteiger partial charge in [-0.05, 0) is 13.8 Å². The molecule has 5 aromatic rings. The first-order chi connectivity index (χ1) is 15.2. The van der Waals surface area contributed by atoms with Crippen molar-refractivity contribution < 1.29 is 0 Å². The van der Waals surface area contributed by atoms with Crippen LogP contribution < -0.4 is 0 Å². The van der Waals surface area contributed by atoms with E-state index >= 15 is 0 Å². The summed E-state index contributed by atoms with van der Waals surface area (Å²) in [4.78, 5) is 15.5. The van der Waals surface area contributed by atoms with Gasteiger partial charge in [0.15, 0.2) is 23.0 Å². The van der Waals surface area contributed by atoms with Crippen LogP contribution in [0.15, 0.2) is 53.2 Å². The number of nitrogens with zero attached hydrogens (tertiary/aromatic N) is 11. The van der Waals surface area contributed by atoms with E-state index in [1.807, 2.05) is 37.3 Å². The Balaban J connectivity index is 1.62. The summed E-state index contributed by atoms with van der Waals surface area (Å²) in [5, 5.41) is 24.9. The number of azo groups is 1. The predicted molar refractivity (Wildman–Crippen MR) is 110 cm³/mol. The number of benzene rings is 1. The fraction of sp³-hybridized carbons (Fsp3) is 0.105. The van der Waals surface area contributed by atoms with Crippen molar-refractivity contribution in [3.05, 3.63) is 65.8 Å². The summed E-state index contributed by atoms with van der Waals surface area (Å²) in [6.45, 7) is 11.1. The Morgan fingerprint density at radius 3 is 2.52 bits per heavy atom. The molecule has 1 N–H and O–H groups in total. The zero-order valence-corrected chi connectivity index (χ0v) is 16.5. The zero-order valence-electron chi connectivity index (χ0n) is 16.5. The Bertz CT molecular complexity index is 1450. The van der Waals surface area contributed by atoms with Crippen molar-refractivity contribution in [3.63, 3.8) is 0 Å². The number of hydrogen-bond donors (Lipinski definition) is 1. The number of aryl methyl sites for hydroxylation is 2. The Morgan fingerprint density at radius 1 is 1.00 bits per heavy atom. The van der Waals surface area contributed by atoms with Crippen LogP contribution in [0.25, 0.3) is 27.8 Å². The molecule has 0 aliphatic heterocycles. The van der Waals surface area contributed by atoms with Gasteiger partial charge >= 0.3 is 0 Å². The van der Waals surface area contributed by atoms with E-state index in [-0.39, 0.29) is 17.5 Å². The van der Waals surface area contributed by atoms with Crippen molar-refractivity contribution in [2.24, 2.45) is 10.2 Å². The van der Waals surface area contributed by atoms with Crippen molar-refractivity contribution in [3.8, 4) is 17.3 Å². The van der Waals surface area contributed by atoms with E-state index in [0.29, 0.717) is 28.5 Å². The van der Waals surface area contributed by atoms with Gasteiger partial charge in [0.2, 0.25) is 0 Å². The molecule has 12 nitrogen and oxygen atoms in total. The molecule has 0 saturated heterocycles. The van der Waals surface area contributed by atoms with Gasteiger partial charge < -0.3 is 0 Å². The first-order valence-corrected chi connectivity index (χ1v) is 9.17. The van der Waals surface area contributed by atoms with Crippen molar-refractivity contribution in [2.75, 3.05) is 0 Å². The van der Waals surface area contributed by atoms with Crippen LogP contribution in [0.4, 0.5) is 17.2 Å². The highest BCUT2D eigenvalue weighted by atomic mass is 15.4. The van der Waals surface area contributed by atoms with Crippen molar-refractivity contribution >= 4 is 22.8 Å². The molecule has 0 atom stereocenters. The summed E-state index contributed by atoms with van der Waals surface area (Å²) in [6, 6.07) is 9.71. The van der Waals surface area contributed by atoms with Gasteiger partial charge in [0.25, 0.3) is 11.6 Å². The second kappa shape index (κ2) is 7.23. The van der Waals surface area contributed by atoms with E-state index in [1.54, 1.807) is 11.4 Å². The topological polar surface area (TPSA) is 132 Å². The van der Waals surface area contributed by atoms with Crippen LogP contribution in [-0.2, 0) is 0 Å². The van der Waals surface area contributed by atoms with Gasteiger partial charge in [0.1, 0.15) is 12.7 Å². The van der Waals surface area contributed by atoms with E-state index in [4.69, 9.17) is 6.57 Å². The van der Waals surface area contributed by atoms with Crippen LogP contribution in [0, 0.1) is 20.4 Å². The largest absolute Gasteiger partial charge is 0.257 e. The summed E-state index contributed by atoms with van der Waals surface area (Å²) < 4.78 is 3.05. The SMILES string of the molecule is [C-]#[N+]c1c(C)nn(-c2ncncn2)c1/N=N/c1c(C)nn2c(-c3ccccc3)n[nH]c12. The molecule has 5 rings (SSSR count). The van der Waals surface area contributed by atoms with Crippen LogP contribution in [0.1, 0.15) is 11.4 Å². The summed E-state index contributed by atoms with van der Waals surface area (Å²) in [5.41, 5.74) is 3.42. The second-order valence-electron chi connectivity index (χ2n) is 6.53. The monoisotopic (exact) mass is 410 g/mol. The number of rotatable bonds is 4. The maximum atomic E-state index is 7.51. The minimum atomic E-state index is 0.222. The lowest BCUT2D eigenvalue weighted by Gasteiger charge is -2.00. The molecule has 0 saturated carbocycles. The molecule has 4 aromatic heterocycles. The van der Waals surface area contributed by atoms with E-state index in [1.165, 1.54) is 17.3 Å². The van der Waals surface area contributed by atoms with E-state index in [2.05, 4.69) is 50.4 Å². The number of H-pyrrole nitrogens is 1. The third-order valence-corrected chi connectivity index (χ3v) is 4.56. The molecule has 31 heavy (non-hydrogen) atoms. The molecule has 1 aromatic carbocycles. The van der Waals surface area contributed by atoms with Crippen LogP contribution in [-0.4, -0.2) is 44.5 Å². The average Bonchev–Trinajstić information content (AvgIpc) is 3.44. The van der Waals surface area contributed by atoms with E-state index < -0.39 is 0 Å². The summed E-state index contributed by atoms with van der Waals surface area (Å²) in [6.07, 6.45) is 2.69. The number of nitrogens with one attached hydrogen (secondary N) is 1. The quantitative estimate of drug-likeness (QED) is 0.355. The van der Waals surface area contributed by atoms with Gasteiger partial charge in [0.05, 0.1) is 18.0 Å². The van der Waals surface area contributed by atoms with Crippen LogP contribution in [0.3, 0.4) is 0 Å². The van der Waals surface area contributed by atoms with Crippen LogP contribution >= 0.6 is 0 Å². The molecule has 0 spiro atoms. The molecule has 12 heteroatoms. The number of aromatic nitrogens is 9. The Labute approximate surface area is 175 Å². The predicted octanol–water partition coefficient (Wildman–Crippen LogP) is 3.68. The van der Waals surface area contributed by atoms with Gasteiger partial charge in [-0.1, -0.05) is 30.3 Å². The fourth-order valence-corrected chi connectivity index (χ4v) is 3.13. The van der Waals surface area contributed by atoms with Crippen molar-refractivity contribution in [1.29, 1.82) is 0 Å². The minimum absolute atomic E-state index is 0.222. The van der Waals surface area contributed by atoms with Gasteiger partial charge in [-0.25, -0.2) is 9.83 Å². The molecule has 0 bridgehead atoms. The highest BCUT2D eigenvalue weighted by molar-refractivity contribution is 5.71. The maximum Gasteiger partial charge on any atom is 0.255 e. The summed E-state index contributed by atoms with van der Waals surface area (Å²) in [5.74, 6) is 1.13. The third kappa shape index (κ3) is 3.01. The lowest BCUT2D eigenvalue weighted by Crippen LogP contribution is -2.02. The molecule has 0 aliphatic carbocycles. The highest BCUT2D eigenvalue weighted by Crippen LogP contribution is 2.35. The standard InChI is InChI=1S/C19H14N12/c1-11-14(20-3)17(31(29-11)19-22-9-21-10-23-19)26-24-15-12(2)28-30-16(25-27-18(15)30)13-7-5-4-6-8-13/h4-10,27H,1-2H3/b26-24+. The average molecular weight is 410 g/mol. The molecule has 0 aliphatic rings. The third-order valence-electron chi connectivity index (χ3n) is 4.56. The number of hydrogen-bond acceptors (Lipinski definition) is 8.